The molecule has 2 aromatic rings. The average Bonchev–Trinajstić information content (AvgIpc) is 2.47. The van der Waals surface area contributed by atoms with Gasteiger partial charge < -0.3 is 15.8 Å². The van der Waals surface area contributed by atoms with Gasteiger partial charge in [-0.3, -0.25) is 0 Å². The number of hydrogen-bond donors (Lipinski definition) is 2. The number of guanidine groups is 1. The number of aryl methyl sites for hydroxylation is 1. The summed E-state index contributed by atoms with van der Waals surface area (Å²) in [5.74, 6) is 1.89. The maximum atomic E-state index is 5.87. The van der Waals surface area contributed by atoms with E-state index in [1.165, 1.54) is 0 Å². The molecule has 0 aliphatic heterocycles. The lowest BCUT2D eigenvalue weighted by Crippen LogP contribution is -2.22. The van der Waals surface area contributed by atoms with Crippen molar-refractivity contribution in [1.82, 2.24) is 9.97 Å². The SMILES string of the molecule is Cc1nccc(CN=C(N)Nc2ccc(OC(C)C)cc2)n1.I. The Hall–Kier alpha value is -1.90. The molecule has 0 aliphatic rings. The summed E-state index contributed by atoms with van der Waals surface area (Å²) in [5, 5.41) is 3.04. The molecule has 0 bridgehead atoms. The summed E-state index contributed by atoms with van der Waals surface area (Å²) < 4.78 is 5.59. The number of anilines is 1. The lowest BCUT2D eigenvalue weighted by Gasteiger charge is -2.10. The molecule has 0 unspecified atom stereocenters. The molecule has 0 spiro atoms. The minimum Gasteiger partial charge on any atom is -0.491 e. The number of aliphatic imine (C=N–C) groups is 1. The minimum absolute atomic E-state index is 0. The highest BCUT2D eigenvalue weighted by Gasteiger charge is 2.00. The van der Waals surface area contributed by atoms with Crippen molar-refractivity contribution in [2.24, 2.45) is 10.7 Å². The van der Waals surface area contributed by atoms with Crippen LogP contribution in [0.2, 0.25) is 0 Å². The normalized spacial score (nSPS) is 11.0. The van der Waals surface area contributed by atoms with Gasteiger partial charge in [0.05, 0.1) is 18.3 Å². The van der Waals surface area contributed by atoms with Crippen LogP contribution in [-0.4, -0.2) is 22.0 Å². The molecule has 124 valence electrons. The van der Waals surface area contributed by atoms with Crippen LogP contribution in [0.1, 0.15) is 25.4 Å². The summed E-state index contributed by atoms with van der Waals surface area (Å²) in [6, 6.07) is 9.40. The number of halogens is 1. The first-order valence-electron chi connectivity index (χ1n) is 7.15. The van der Waals surface area contributed by atoms with Crippen molar-refractivity contribution >= 4 is 35.6 Å². The second kappa shape index (κ2) is 9.29. The number of benzene rings is 1. The minimum atomic E-state index is 0. The van der Waals surface area contributed by atoms with Crippen LogP contribution in [0.3, 0.4) is 0 Å². The van der Waals surface area contributed by atoms with E-state index in [1.54, 1.807) is 6.20 Å². The zero-order valence-electron chi connectivity index (χ0n) is 13.5. The molecule has 0 saturated heterocycles. The molecule has 1 aromatic carbocycles. The monoisotopic (exact) mass is 427 g/mol. The predicted octanol–water partition coefficient (Wildman–Crippen LogP) is 3.12. The Bertz CT molecular complexity index is 643. The van der Waals surface area contributed by atoms with E-state index in [1.807, 2.05) is 51.1 Å². The highest BCUT2D eigenvalue weighted by molar-refractivity contribution is 14.0. The lowest BCUT2D eigenvalue weighted by molar-refractivity contribution is 0.242. The van der Waals surface area contributed by atoms with Crippen LogP contribution in [0.25, 0.3) is 0 Å². The van der Waals surface area contributed by atoms with Crippen LogP contribution in [0, 0.1) is 6.92 Å². The van der Waals surface area contributed by atoms with Gasteiger partial charge in [-0.25, -0.2) is 15.0 Å². The van der Waals surface area contributed by atoms with Crippen LogP contribution < -0.4 is 15.8 Å². The summed E-state index contributed by atoms with van der Waals surface area (Å²) in [4.78, 5) is 12.6. The number of nitrogens with two attached hydrogens (primary N) is 1. The van der Waals surface area contributed by atoms with Crippen LogP contribution in [0.4, 0.5) is 5.69 Å². The molecule has 0 fully saturated rings. The van der Waals surface area contributed by atoms with Gasteiger partial charge in [-0.2, -0.15) is 0 Å². The van der Waals surface area contributed by atoms with E-state index in [0.29, 0.717) is 12.5 Å². The highest BCUT2D eigenvalue weighted by Crippen LogP contribution is 2.16. The third kappa shape index (κ3) is 6.81. The van der Waals surface area contributed by atoms with Crippen molar-refractivity contribution < 1.29 is 4.74 Å². The summed E-state index contributed by atoms with van der Waals surface area (Å²) >= 11 is 0. The van der Waals surface area contributed by atoms with Gasteiger partial charge in [-0.05, 0) is 51.1 Å². The van der Waals surface area contributed by atoms with E-state index in [0.717, 1.165) is 23.0 Å². The molecule has 0 aliphatic carbocycles. The molecule has 0 amide bonds. The molecule has 0 saturated carbocycles. The molecule has 23 heavy (non-hydrogen) atoms. The van der Waals surface area contributed by atoms with Gasteiger partial charge in [-0.15, -0.1) is 24.0 Å². The van der Waals surface area contributed by atoms with Crippen molar-refractivity contribution in [2.45, 2.75) is 33.4 Å². The van der Waals surface area contributed by atoms with Crippen LogP contribution in [0.5, 0.6) is 5.75 Å². The summed E-state index contributed by atoms with van der Waals surface area (Å²) in [5.41, 5.74) is 7.56. The van der Waals surface area contributed by atoms with Crippen molar-refractivity contribution in [1.29, 1.82) is 0 Å². The Morgan fingerprint density at radius 3 is 2.57 bits per heavy atom. The number of nitrogens with one attached hydrogen (secondary N) is 1. The molecule has 6 nitrogen and oxygen atoms in total. The number of ether oxygens (including phenoxy) is 1. The van der Waals surface area contributed by atoms with Crippen molar-refractivity contribution in [3.8, 4) is 5.75 Å². The first-order chi connectivity index (χ1) is 10.5. The number of aromatic nitrogens is 2. The fraction of sp³-hybridized carbons (Fsp3) is 0.312. The quantitative estimate of drug-likeness (QED) is 0.435. The summed E-state index contributed by atoms with van der Waals surface area (Å²) in [6.07, 6.45) is 1.87. The van der Waals surface area contributed by atoms with Gasteiger partial charge >= 0.3 is 0 Å². The van der Waals surface area contributed by atoms with E-state index in [2.05, 4.69) is 20.3 Å². The maximum Gasteiger partial charge on any atom is 0.193 e. The first-order valence-corrected chi connectivity index (χ1v) is 7.15. The van der Waals surface area contributed by atoms with Crippen molar-refractivity contribution in [2.75, 3.05) is 5.32 Å². The fourth-order valence-electron chi connectivity index (χ4n) is 1.84. The number of rotatable bonds is 5. The van der Waals surface area contributed by atoms with Crippen molar-refractivity contribution in [3.63, 3.8) is 0 Å². The van der Waals surface area contributed by atoms with Crippen LogP contribution in [0.15, 0.2) is 41.5 Å². The maximum absolute atomic E-state index is 5.87. The fourth-order valence-corrected chi connectivity index (χ4v) is 1.84. The van der Waals surface area contributed by atoms with Gasteiger partial charge in [-0.1, -0.05) is 0 Å². The largest absolute Gasteiger partial charge is 0.491 e. The second-order valence-corrected chi connectivity index (χ2v) is 5.11. The lowest BCUT2D eigenvalue weighted by atomic mass is 10.3. The molecular formula is C16H22IN5O. The highest BCUT2D eigenvalue weighted by atomic mass is 127. The standard InChI is InChI=1S/C16H21N5O.HI/c1-11(2)22-15-6-4-13(5-7-15)21-16(17)19-10-14-8-9-18-12(3)20-14;/h4-9,11H,10H2,1-3H3,(H3,17,19,21);1H. The van der Waals surface area contributed by atoms with Gasteiger partial charge in [0, 0.05) is 11.9 Å². The Balaban J connectivity index is 0.00000264. The Labute approximate surface area is 153 Å². The Morgan fingerprint density at radius 2 is 1.96 bits per heavy atom. The Kier molecular flexibility index (Phi) is 7.73. The van der Waals surface area contributed by atoms with Gasteiger partial charge in [0.2, 0.25) is 0 Å². The summed E-state index contributed by atoms with van der Waals surface area (Å²) in [7, 11) is 0. The number of nitrogens with zero attached hydrogens (tertiary/aromatic N) is 3. The van der Waals surface area contributed by atoms with Gasteiger partial charge in [0.15, 0.2) is 5.96 Å². The van der Waals surface area contributed by atoms with Gasteiger partial charge in [0.25, 0.3) is 0 Å². The van der Waals surface area contributed by atoms with Gasteiger partial charge in [0.1, 0.15) is 11.6 Å². The topological polar surface area (TPSA) is 85.4 Å². The van der Waals surface area contributed by atoms with E-state index < -0.39 is 0 Å². The molecule has 0 atom stereocenters. The molecule has 7 heteroatoms. The predicted molar refractivity (Wildman–Crippen MR) is 103 cm³/mol. The average molecular weight is 427 g/mol. The molecule has 0 radical (unpaired) electrons. The molecule has 1 heterocycles. The molecule has 3 N–H and O–H groups in total. The third-order valence-electron chi connectivity index (χ3n) is 2.74. The summed E-state index contributed by atoms with van der Waals surface area (Å²) in [6.45, 7) is 6.24. The zero-order valence-corrected chi connectivity index (χ0v) is 15.8. The second-order valence-electron chi connectivity index (χ2n) is 5.11. The van der Waals surface area contributed by atoms with E-state index in [9.17, 15) is 0 Å². The molecule has 1 aromatic heterocycles. The molecular weight excluding hydrogens is 405 g/mol. The van der Waals surface area contributed by atoms with E-state index in [-0.39, 0.29) is 30.1 Å². The van der Waals surface area contributed by atoms with E-state index >= 15 is 0 Å². The third-order valence-corrected chi connectivity index (χ3v) is 2.74. The first kappa shape index (κ1) is 19.1. The molecule has 2 rings (SSSR count). The van der Waals surface area contributed by atoms with E-state index in [4.69, 9.17) is 10.5 Å². The van der Waals surface area contributed by atoms with Crippen LogP contribution in [-0.2, 0) is 6.54 Å². The van der Waals surface area contributed by atoms with Crippen molar-refractivity contribution in [3.05, 3.63) is 48.0 Å². The smallest absolute Gasteiger partial charge is 0.193 e. The zero-order chi connectivity index (χ0) is 15.9. The number of hydrogen-bond acceptors (Lipinski definition) is 4. The Morgan fingerprint density at radius 1 is 1.26 bits per heavy atom. The van der Waals surface area contributed by atoms with Crippen LogP contribution >= 0.6 is 24.0 Å².